The Bertz CT molecular complexity index is 988. The van der Waals surface area contributed by atoms with E-state index in [2.05, 4.69) is 20.9 Å². The molecule has 2 aliphatic heterocycles. The van der Waals surface area contributed by atoms with Crippen LogP contribution in [-0.2, 0) is 0 Å². The molecule has 0 bridgehead atoms. The zero-order valence-electron chi connectivity index (χ0n) is 14.3. The van der Waals surface area contributed by atoms with E-state index in [1.165, 1.54) is 4.90 Å². The highest BCUT2D eigenvalue weighted by atomic mass is 35.5. The van der Waals surface area contributed by atoms with Crippen molar-refractivity contribution in [3.8, 4) is 0 Å². The maximum atomic E-state index is 13.0. The minimum atomic E-state index is -0.698. The normalized spacial score (nSPS) is 21.2. The number of benzene rings is 2. The van der Waals surface area contributed by atoms with Crippen molar-refractivity contribution in [1.29, 1.82) is 0 Å². The van der Waals surface area contributed by atoms with Crippen LogP contribution >= 0.6 is 35.6 Å². The molecule has 0 saturated carbocycles. The molecule has 2 unspecified atom stereocenters. The van der Waals surface area contributed by atoms with E-state index in [1.807, 2.05) is 36.6 Å². The molecular formula is C19H15ClN4OS2. The molecule has 0 amide bonds. The van der Waals surface area contributed by atoms with Crippen molar-refractivity contribution >= 4 is 57.9 Å². The zero-order chi connectivity index (χ0) is 19.0. The maximum Gasteiger partial charge on any atom is 0.193 e. The topological polar surface area (TPSA) is 65.8 Å². The summed E-state index contributed by atoms with van der Waals surface area (Å²) in [5.41, 5.74) is 2.85. The molecule has 2 aromatic rings. The van der Waals surface area contributed by atoms with Gasteiger partial charge in [0.2, 0.25) is 0 Å². The van der Waals surface area contributed by atoms with Crippen molar-refractivity contribution in [2.24, 2.45) is 10.2 Å². The summed E-state index contributed by atoms with van der Waals surface area (Å²) in [6.45, 7) is 0. The van der Waals surface area contributed by atoms with Crippen LogP contribution in [0.5, 0.6) is 0 Å². The summed E-state index contributed by atoms with van der Waals surface area (Å²) in [4.78, 5) is 14.1. The number of nitrogens with zero attached hydrogens (tertiary/aromatic N) is 2. The summed E-state index contributed by atoms with van der Waals surface area (Å²) < 4.78 is 0. The molecule has 0 aliphatic carbocycles. The molecule has 2 atom stereocenters. The first-order chi connectivity index (χ1) is 13.0. The minimum Gasteiger partial charge on any atom is -0.353 e. The lowest BCUT2D eigenvalue weighted by Crippen LogP contribution is -2.52. The SMILES string of the molecule is CSc1ccc(C2=CC(C3N=Nc4ccc(Cl)cc4C3=O)NC(=S)N2)cc1. The van der Waals surface area contributed by atoms with E-state index in [9.17, 15) is 4.79 Å². The number of carbonyl (C=O) groups excluding carboxylic acids is 1. The van der Waals surface area contributed by atoms with E-state index in [-0.39, 0.29) is 5.78 Å². The van der Waals surface area contributed by atoms with E-state index in [4.69, 9.17) is 23.8 Å². The first kappa shape index (κ1) is 18.2. The molecule has 8 heteroatoms. The van der Waals surface area contributed by atoms with Crippen LogP contribution in [0, 0.1) is 0 Å². The fourth-order valence-corrected chi connectivity index (χ4v) is 3.87. The third kappa shape index (κ3) is 3.63. The number of hydrogen-bond donors (Lipinski definition) is 2. The van der Waals surface area contributed by atoms with E-state index in [1.54, 1.807) is 30.0 Å². The summed E-state index contributed by atoms with van der Waals surface area (Å²) in [6.07, 6.45) is 3.97. The minimum absolute atomic E-state index is 0.127. The third-order valence-electron chi connectivity index (χ3n) is 4.42. The fraction of sp³-hybridized carbons (Fsp3) is 0.158. The van der Waals surface area contributed by atoms with Gasteiger partial charge in [0.05, 0.1) is 11.7 Å². The number of thiocarbonyl (C=S) groups is 1. The smallest absolute Gasteiger partial charge is 0.193 e. The van der Waals surface area contributed by atoms with Gasteiger partial charge in [0.1, 0.15) is 0 Å². The summed E-state index contributed by atoms with van der Waals surface area (Å²) >= 11 is 13.1. The van der Waals surface area contributed by atoms with Crippen LogP contribution in [0.3, 0.4) is 0 Å². The number of fused-ring (bicyclic) bond motifs is 1. The predicted molar refractivity (Wildman–Crippen MR) is 113 cm³/mol. The second kappa shape index (κ2) is 7.42. The van der Waals surface area contributed by atoms with Crippen LogP contribution in [0.15, 0.2) is 63.7 Å². The Kier molecular flexibility index (Phi) is 4.99. The number of rotatable bonds is 3. The number of azo groups is 1. The second-order valence-electron chi connectivity index (χ2n) is 6.12. The van der Waals surface area contributed by atoms with E-state index in [0.717, 1.165) is 11.3 Å². The molecule has 0 aromatic heterocycles. The summed E-state index contributed by atoms with van der Waals surface area (Å²) in [5, 5.41) is 15.6. The molecular weight excluding hydrogens is 400 g/mol. The van der Waals surface area contributed by atoms with Gasteiger partial charge in [0, 0.05) is 21.2 Å². The van der Waals surface area contributed by atoms with Crippen LogP contribution in [0.2, 0.25) is 5.02 Å². The van der Waals surface area contributed by atoms with Crippen LogP contribution in [0.4, 0.5) is 5.69 Å². The van der Waals surface area contributed by atoms with E-state index in [0.29, 0.717) is 21.4 Å². The summed E-state index contributed by atoms with van der Waals surface area (Å²) in [7, 11) is 0. The Labute approximate surface area is 171 Å². The van der Waals surface area contributed by atoms with Crippen molar-refractivity contribution < 1.29 is 4.79 Å². The van der Waals surface area contributed by atoms with Crippen molar-refractivity contribution in [1.82, 2.24) is 10.6 Å². The number of nitrogens with one attached hydrogen (secondary N) is 2. The predicted octanol–water partition coefficient (Wildman–Crippen LogP) is 4.60. The lowest BCUT2D eigenvalue weighted by atomic mass is 9.94. The van der Waals surface area contributed by atoms with Gasteiger partial charge in [0.25, 0.3) is 0 Å². The Balaban J connectivity index is 1.66. The second-order valence-corrected chi connectivity index (χ2v) is 7.84. The van der Waals surface area contributed by atoms with E-state index >= 15 is 0 Å². The van der Waals surface area contributed by atoms with Crippen LogP contribution in [0.25, 0.3) is 5.70 Å². The Morgan fingerprint density at radius 2 is 1.96 bits per heavy atom. The fourth-order valence-electron chi connectivity index (χ4n) is 3.05. The Morgan fingerprint density at radius 3 is 2.70 bits per heavy atom. The average molecular weight is 415 g/mol. The largest absolute Gasteiger partial charge is 0.353 e. The summed E-state index contributed by atoms with van der Waals surface area (Å²) in [6, 6.07) is 12.1. The van der Waals surface area contributed by atoms with Crippen molar-refractivity contribution in [3.05, 3.63) is 64.7 Å². The van der Waals surface area contributed by atoms with Gasteiger partial charge in [-0.1, -0.05) is 23.7 Å². The number of ketones is 1. The van der Waals surface area contributed by atoms with Gasteiger partial charge in [-0.2, -0.15) is 10.2 Å². The van der Waals surface area contributed by atoms with Gasteiger partial charge in [-0.15, -0.1) is 11.8 Å². The molecule has 27 heavy (non-hydrogen) atoms. The van der Waals surface area contributed by atoms with Gasteiger partial charge in [0.15, 0.2) is 16.9 Å². The molecule has 0 spiro atoms. The number of Topliss-reactive ketones (excluding diaryl/α,β-unsaturated/α-hetero) is 1. The van der Waals surface area contributed by atoms with Gasteiger partial charge in [-0.3, -0.25) is 4.79 Å². The number of carbonyl (C=O) groups is 1. The third-order valence-corrected chi connectivity index (χ3v) is 5.61. The highest BCUT2D eigenvalue weighted by Gasteiger charge is 2.34. The van der Waals surface area contributed by atoms with Crippen molar-refractivity contribution in [3.63, 3.8) is 0 Å². The lowest BCUT2D eigenvalue weighted by Gasteiger charge is -2.30. The Hall–Kier alpha value is -2.22. The zero-order valence-corrected chi connectivity index (χ0v) is 16.7. The number of hydrogen-bond acceptors (Lipinski definition) is 5. The average Bonchev–Trinajstić information content (AvgIpc) is 2.68. The van der Waals surface area contributed by atoms with Crippen LogP contribution in [0.1, 0.15) is 15.9 Å². The molecule has 0 saturated heterocycles. The van der Waals surface area contributed by atoms with Gasteiger partial charge in [-0.05, 0) is 60.4 Å². The first-order valence-electron chi connectivity index (χ1n) is 8.23. The molecule has 4 rings (SSSR count). The van der Waals surface area contributed by atoms with Crippen molar-refractivity contribution in [2.45, 2.75) is 17.0 Å². The van der Waals surface area contributed by atoms with Gasteiger partial charge in [-0.25, -0.2) is 0 Å². The van der Waals surface area contributed by atoms with Gasteiger partial charge >= 0.3 is 0 Å². The number of halogens is 1. The van der Waals surface area contributed by atoms with E-state index < -0.39 is 12.1 Å². The monoisotopic (exact) mass is 414 g/mol. The molecule has 0 fully saturated rings. The molecule has 2 N–H and O–H groups in total. The summed E-state index contributed by atoms with van der Waals surface area (Å²) in [5.74, 6) is -0.127. The first-order valence-corrected chi connectivity index (χ1v) is 10.2. The molecule has 2 aromatic carbocycles. The quantitative estimate of drug-likeness (QED) is 0.567. The van der Waals surface area contributed by atoms with Gasteiger partial charge < -0.3 is 10.6 Å². The molecule has 136 valence electrons. The standard InChI is InChI=1S/C19H15ClN4OS2/c1-27-12-5-2-10(3-6-12)15-9-16(22-19(26)21-15)17-18(25)13-8-11(20)4-7-14(13)23-24-17/h2-9,16-17H,1H3,(H2,21,22,26). The number of thioether (sulfide) groups is 1. The molecule has 5 nitrogen and oxygen atoms in total. The highest BCUT2D eigenvalue weighted by Crippen LogP contribution is 2.31. The molecule has 2 aliphatic rings. The maximum absolute atomic E-state index is 13.0. The molecule has 2 heterocycles. The molecule has 0 radical (unpaired) electrons. The Morgan fingerprint density at radius 1 is 1.19 bits per heavy atom. The highest BCUT2D eigenvalue weighted by molar-refractivity contribution is 7.98. The van der Waals surface area contributed by atoms with Crippen LogP contribution < -0.4 is 10.6 Å². The van der Waals surface area contributed by atoms with Crippen LogP contribution in [-0.4, -0.2) is 29.2 Å². The lowest BCUT2D eigenvalue weighted by molar-refractivity contribution is 0.0947. The van der Waals surface area contributed by atoms with Crippen molar-refractivity contribution in [2.75, 3.05) is 6.26 Å².